The molecule has 1 fully saturated rings. The van der Waals surface area contributed by atoms with Crippen LogP contribution >= 0.6 is 0 Å². The molecule has 17 heavy (non-hydrogen) atoms. The second-order valence-electron chi connectivity index (χ2n) is 4.97. The van der Waals surface area contributed by atoms with Crippen molar-refractivity contribution in [3.05, 3.63) is 0 Å². The number of nitrogens with one attached hydrogen (secondary N) is 1. The van der Waals surface area contributed by atoms with Gasteiger partial charge in [-0.25, -0.2) is 0 Å². The molecule has 102 valence electrons. The molecule has 0 spiro atoms. The van der Waals surface area contributed by atoms with Gasteiger partial charge in [0, 0.05) is 13.2 Å². The topological polar surface area (TPSA) is 30.5 Å². The molecule has 0 aromatic carbocycles. The zero-order valence-corrected chi connectivity index (χ0v) is 11.6. The van der Waals surface area contributed by atoms with Gasteiger partial charge in [0.05, 0.1) is 18.8 Å². The van der Waals surface area contributed by atoms with Crippen LogP contribution in [0.15, 0.2) is 0 Å². The zero-order valence-electron chi connectivity index (χ0n) is 11.6. The van der Waals surface area contributed by atoms with Crippen LogP contribution in [0.1, 0.15) is 52.4 Å². The van der Waals surface area contributed by atoms with E-state index in [1.54, 1.807) is 0 Å². The highest BCUT2D eigenvalue weighted by Gasteiger charge is 2.32. The maximum atomic E-state index is 6.13. The monoisotopic (exact) mass is 243 g/mol. The van der Waals surface area contributed by atoms with E-state index < -0.39 is 0 Å². The number of ether oxygens (including phenoxy) is 2. The smallest absolute Gasteiger partial charge is 0.0807 e. The summed E-state index contributed by atoms with van der Waals surface area (Å²) in [7, 11) is 0. The molecule has 0 radical (unpaired) electrons. The lowest BCUT2D eigenvalue weighted by atomic mass is 9.84. The largest absolute Gasteiger partial charge is 0.379 e. The van der Waals surface area contributed by atoms with Gasteiger partial charge < -0.3 is 14.8 Å². The van der Waals surface area contributed by atoms with Crippen LogP contribution in [0.2, 0.25) is 0 Å². The average molecular weight is 243 g/mol. The second kappa shape index (κ2) is 8.90. The molecule has 0 heterocycles. The Morgan fingerprint density at radius 3 is 2.47 bits per heavy atom. The summed E-state index contributed by atoms with van der Waals surface area (Å²) in [6, 6.07) is 0. The van der Waals surface area contributed by atoms with E-state index in [-0.39, 0.29) is 5.60 Å². The standard InChI is InChI=1S/C14H29NO2/c1-3-10-15-13-14(8-6-5-7-9-14)17-12-11-16-4-2/h15H,3-13H2,1-2H3. The summed E-state index contributed by atoms with van der Waals surface area (Å²) in [5.74, 6) is 0. The Hall–Kier alpha value is -0.120. The van der Waals surface area contributed by atoms with Crippen LogP contribution in [0.25, 0.3) is 0 Å². The van der Waals surface area contributed by atoms with E-state index in [0.29, 0.717) is 0 Å². The van der Waals surface area contributed by atoms with E-state index in [0.717, 1.165) is 32.9 Å². The van der Waals surface area contributed by atoms with Crippen molar-refractivity contribution in [2.24, 2.45) is 0 Å². The van der Waals surface area contributed by atoms with Crippen LogP contribution in [0.3, 0.4) is 0 Å². The van der Waals surface area contributed by atoms with Gasteiger partial charge in [-0.1, -0.05) is 26.2 Å². The molecule has 0 amide bonds. The number of hydrogen-bond acceptors (Lipinski definition) is 3. The molecule has 0 aromatic rings. The quantitative estimate of drug-likeness (QED) is 0.632. The van der Waals surface area contributed by atoms with Gasteiger partial charge in [-0.05, 0) is 32.7 Å². The minimum absolute atomic E-state index is 0.0878. The normalized spacial score (nSPS) is 19.4. The summed E-state index contributed by atoms with van der Waals surface area (Å²) in [5, 5.41) is 3.52. The van der Waals surface area contributed by atoms with Gasteiger partial charge in [0.1, 0.15) is 0 Å². The lowest BCUT2D eigenvalue weighted by molar-refractivity contribution is -0.0852. The van der Waals surface area contributed by atoms with Crippen LogP contribution in [0.5, 0.6) is 0 Å². The maximum absolute atomic E-state index is 6.13. The fourth-order valence-corrected chi connectivity index (χ4v) is 2.52. The highest BCUT2D eigenvalue weighted by Crippen LogP contribution is 2.31. The summed E-state index contributed by atoms with van der Waals surface area (Å²) in [6.07, 6.45) is 7.58. The Morgan fingerprint density at radius 2 is 1.82 bits per heavy atom. The third kappa shape index (κ3) is 5.84. The van der Waals surface area contributed by atoms with E-state index in [1.807, 2.05) is 6.92 Å². The molecule has 1 saturated carbocycles. The van der Waals surface area contributed by atoms with Crippen molar-refractivity contribution in [1.29, 1.82) is 0 Å². The molecule has 1 rings (SSSR count). The first-order chi connectivity index (χ1) is 8.33. The highest BCUT2D eigenvalue weighted by atomic mass is 16.5. The molecule has 1 N–H and O–H groups in total. The molecule has 3 nitrogen and oxygen atoms in total. The van der Waals surface area contributed by atoms with E-state index in [9.17, 15) is 0 Å². The molecular formula is C14H29NO2. The second-order valence-corrected chi connectivity index (χ2v) is 4.97. The molecule has 0 bridgehead atoms. The third-order valence-electron chi connectivity index (χ3n) is 3.48. The predicted molar refractivity (Wildman–Crippen MR) is 71.4 cm³/mol. The van der Waals surface area contributed by atoms with Crippen LogP contribution in [-0.2, 0) is 9.47 Å². The van der Waals surface area contributed by atoms with E-state index >= 15 is 0 Å². The zero-order chi connectivity index (χ0) is 12.4. The van der Waals surface area contributed by atoms with E-state index in [4.69, 9.17) is 9.47 Å². The molecule has 0 unspecified atom stereocenters. The third-order valence-corrected chi connectivity index (χ3v) is 3.48. The molecule has 1 aliphatic rings. The Kier molecular flexibility index (Phi) is 7.82. The summed E-state index contributed by atoms with van der Waals surface area (Å²) >= 11 is 0. The van der Waals surface area contributed by atoms with Gasteiger partial charge >= 0.3 is 0 Å². The highest BCUT2D eigenvalue weighted by molar-refractivity contribution is 4.86. The van der Waals surface area contributed by atoms with Crippen molar-refractivity contribution in [2.75, 3.05) is 32.9 Å². The summed E-state index contributed by atoms with van der Waals surface area (Å²) in [5.41, 5.74) is 0.0878. The Morgan fingerprint density at radius 1 is 1.06 bits per heavy atom. The van der Waals surface area contributed by atoms with Gasteiger partial charge in [0.25, 0.3) is 0 Å². The number of rotatable bonds is 9. The Bertz CT molecular complexity index is 179. The van der Waals surface area contributed by atoms with Gasteiger partial charge in [-0.3, -0.25) is 0 Å². The molecule has 0 saturated heterocycles. The molecule has 1 aliphatic carbocycles. The van der Waals surface area contributed by atoms with Crippen LogP contribution in [0.4, 0.5) is 0 Å². The summed E-state index contributed by atoms with van der Waals surface area (Å²) in [6.45, 7) is 8.58. The molecule has 0 aliphatic heterocycles. The van der Waals surface area contributed by atoms with Crippen molar-refractivity contribution in [3.63, 3.8) is 0 Å². The fraction of sp³-hybridized carbons (Fsp3) is 1.00. The van der Waals surface area contributed by atoms with Gasteiger partial charge in [-0.15, -0.1) is 0 Å². The minimum atomic E-state index is 0.0878. The molecule has 0 aromatic heterocycles. The van der Waals surface area contributed by atoms with Crippen LogP contribution in [0, 0.1) is 0 Å². The lowest BCUT2D eigenvalue weighted by Gasteiger charge is -2.37. The predicted octanol–water partition coefficient (Wildman–Crippen LogP) is 2.74. The first-order valence-electron chi connectivity index (χ1n) is 7.25. The maximum Gasteiger partial charge on any atom is 0.0807 e. The minimum Gasteiger partial charge on any atom is -0.379 e. The Labute approximate surface area is 106 Å². The number of hydrogen-bond donors (Lipinski definition) is 1. The van der Waals surface area contributed by atoms with Crippen molar-refractivity contribution in [2.45, 2.75) is 58.0 Å². The Balaban J connectivity index is 2.29. The summed E-state index contributed by atoms with van der Waals surface area (Å²) < 4.78 is 11.5. The van der Waals surface area contributed by atoms with Gasteiger partial charge in [0.2, 0.25) is 0 Å². The average Bonchev–Trinajstić information content (AvgIpc) is 2.36. The van der Waals surface area contributed by atoms with Crippen molar-refractivity contribution in [3.8, 4) is 0 Å². The van der Waals surface area contributed by atoms with Gasteiger partial charge in [0.15, 0.2) is 0 Å². The van der Waals surface area contributed by atoms with Crippen LogP contribution in [-0.4, -0.2) is 38.5 Å². The molecular weight excluding hydrogens is 214 g/mol. The van der Waals surface area contributed by atoms with Gasteiger partial charge in [-0.2, -0.15) is 0 Å². The first kappa shape index (κ1) is 14.9. The van der Waals surface area contributed by atoms with Crippen molar-refractivity contribution < 1.29 is 9.47 Å². The van der Waals surface area contributed by atoms with Crippen molar-refractivity contribution >= 4 is 0 Å². The first-order valence-corrected chi connectivity index (χ1v) is 7.25. The van der Waals surface area contributed by atoms with Crippen LogP contribution < -0.4 is 5.32 Å². The van der Waals surface area contributed by atoms with E-state index in [2.05, 4.69) is 12.2 Å². The SMILES string of the molecule is CCCNCC1(OCCOCC)CCCCC1. The van der Waals surface area contributed by atoms with Crippen molar-refractivity contribution in [1.82, 2.24) is 5.32 Å². The molecule has 0 atom stereocenters. The molecule has 3 heteroatoms. The summed E-state index contributed by atoms with van der Waals surface area (Å²) in [4.78, 5) is 0. The fourth-order valence-electron chi connectivity index (χ4n) is 2.52. The van der Waals surface area contributed by atoms with E-state index in [1.165, 1.54) is 38.5 Å². The lowest BCUT2D eigenvalue weighted by Crippen LogP contribution is -2.45.